The highest BCUT2D eigenvalue weighted by atomic mass is 14.9. The summed E-state index contributed by atoms with van der Waals surface area (Å²) in [6, 6.07) is 17.3. The molecule has 1 heterocycles. The van der Waals surface area contributed by atoms with Crippen molar-refractivity contribution in [1.82, 2.24) is 9.97 Å². The summed E-state index contributed by atoms with van der Waals surface area (Å²) in [5, 5.41) is 11.1. The topological polar surface area (TPSA) is 75.6 Å². The number of nitrogens with two attached hydrogens (primary N) is 1. The Balaban J connectivity index is 2.31. The zero-order valence-electron chi connectivity index (χ0n) is 10.0. The van der Waals surface area contributed by atoms with Crippen molar-refractivity contribution >= 4 is 16.6 Å². The van der Waals surface area contributed by atoms with Gasteiger partial charge >= 0.3 is 0 Å². The lowest BCUT2D eigenvalue weighted by molar-refractivity contribution is 1.16. The number of nitrogen functional groups attached to an aromatic ring is 1. The summed E-state index contributed by atoms with van der Waals surface area (Å²) in [6.45, 7) is 0. The lowest BCUT2D eigenvalue weighted by Crippen LogP contribution is -1.98. The van der Waals surface area contributed by atoms with E-state index in [0.717, 1.165) is 16.3 Å². The van der Waals surface area contributed by atoms with E-state index < -0.39 is 0 Å². The van der Waals surface area contributed by atoms with Crippen molar-refractivity contribution in [3.05, 3.63) is 54.2 Å². The summed E-state index contributed by atoms with van der Waals surface area (Å²) >= 11 is 0. The molecule has 4 nitrogen and oxygen atoms in total. The van der Waals surface area contributed by atoms with Crippen LogP contribution in [0.4, 0.5) is 5.82 Å². The molecule has 0 fully saturated rings. The molecule has 0 unspecified atom stereocenters. The van der Waals surface area contributed by atoms with Crippen LogP contribution in [0.2, 0.25) is 0 Å². The molecular formula is C15H10N4. The van der Waals surface area contributed by atoms with Gasteiger partial charge in [-0.15, -0.1) is 0 Å². The SMILES string of the molecule is N#Cc1cc(N)nc(-c2cccc3ccccc23)n1. The van der Waals surface area contributed by atoms with Gasteiger partial charge in [0.2, 0.25) is 0 Å². The number of fused-ring (bicyclic) bond motifs is 1. The fourth-order valence-electron chi connectivity index (χ4n) is 2.06. The van der Waals surface area contributed by atoms with E-state index in [1.54, 1.807) is 0 Å². The smallest absolute Gasteiger partial charge is 0.163 e. The maximum absolute atomic E-state index is 8.95. The summed E-state index contributed by atoms with van der Waals surface area (Å²) in [4.78, 5) is 8.44. The minimum atomic E-state index is 0.274. The van der Waals surface area contributed by atoms with E-state index in [1.165, 1.54) is 6.07 Å². The van der Waals surface area contributed by atoms with Gasteiger partial charge in [0, 0.05) is 11.6 Å². The van der Waals surface area contributed by atoms with Crippen LogP contribution in [-0.4, -0.2) is 9.97 Å². The molecule has 19 heavy (non-hydrogen) atoms. The van der Waals surface area contributed by atoms with Crippen molar-refractivity contribution in [1.29, 1.82) is 5.26 Å². The average molecular weight is 246 g/mol. The Morgan fingerprint density at radius 1 is 1.00 bits per heavy atom. The van der Waals surface area contributed by atoms with Crippen LogP contribution in [0.5, 0.6) is 0 Å². The minimum Gasteiger partial charge on any atom is -0.384 e. The van der Waals surface area contributed by atoms with Gasteiger partial charge in [-0.3, -0.25) is 0 Å². The number of hydrogen-bond donors (Lipinski definition) is 1. The lowest BCUT2D eigenvalue weighted by atomic mass is 10.0. The summed E-state index contributed by atoms with van der Waals surface area (Å²) in [7, 11) is 0. The first-order valence-corrected chi connectivity index (χ1v) is 5.81. The number of benzene rings is 2. The highest BCUT2D eigenvalue weighted by molar-refractivity contribution is 5.95. The normalized spacial score (nSPS) is 10.3. The third-order valence-electron chi connectivity index (χ3n) is 2.89. The van der Waals surface area contributed by atoms with Crippen molar-refractivity contribution in [2.45, 2.75) is 0 Å². The van der Waals surface area contributed by atoms with Crippen LogP contribution in [-0.2, 0) is 0 Å². The molecule has 1 aromatic heterocycles. The Kier molecular flexibility index (Phi) is 2.58. The van der Waals surface area contributed by atoms with Crippen molar-refractivity contribution in [2.24, 2.45) is 0 Å². The fourth-order valence-corrected chi connectivity index (χ4v) is 2.06. The molecule has 0 bridgehead atoms. The highest BCUT2D eigenvalue weighted by Gasteiger charge is 2.08. The molecule has 0 radical (unpaired) electrons. The van der Waals surface area contributed by atoms with Gasteiger partial charge in [-0.2, -0.15) is 5.26 Å². The second-order valence-electron chi connectivity index (χ2n) is 4.14. The van der Waals surface area contributed by atoms with E-state index in [2.05, 4.69) is 9.97 Å². The number of hydrogen-bond acceptors (Lipinski definition) is 4. The summed E-state index contributed by atoms with van der Waals surface area (Å²) in [5.74, 6) is 0.780. The van der Waals surface area contributed by atoms with Gasteiger partial charge in [0.15, 0.2) is 5.82 Å². The largest absolute Gasteiger partial charge is 0.384 e. The number of nitriles is 1. The molecule has 90 valence electrons. The molecule has 0 aliphatic heterocycles. The first-order chi connectivity index (χ1) is 9.28. The Morgan fingerprint density at radius 2 is 1.79 bits per heavy atom. The second kappa shape index (κ2) is 4.39. The van der Waals surface area contributed by atoms with Crippen LogP contribution in [0, 0.1) is 11.3 Å². The molecule has 0 aliphatic rings. The van der Waals surface area contributed by atoms with Gasteiger partial charge in [0.05, 0.1) is 0 Å². The van der Waals surface area contributed by atoms with E-state index in [1.807, 2.05) is 48.5 Å². The lowest BCUT2D eigenvalue weighted by Gasteiger charge is -2.06. The van der Waals surface area contributed by atoms with Gasteiger partial charge in [0.25, 0.3) is 0 Å². The summed E-state index contributed by atoms with van der Waals surface area (Å²) in [5.41, 5.74) is 6.86. The molecule has 0 amide bonds. The quantitative estimate of drug-likeness (QED) is 0.716. The van der Waals surface area contributed by atoms with Crippen LogP contribution < -0.4 is 5.73 Å². The molecular weight excluding hydrogens is 236 g/mol. The molecule has 0 spiro atoms. The molecule has 0 saturated carbocycles. The van der Waals surface area contributed by atoms with Crippen LogP contribution >= 0.6 is 0 Å². The van der Waals surface area contributed by atoms with E-state index in [0.29, 0.717) is 11.6 Å². The number of anilines is 1. The van der Waals surface area contributed by atoms with Gasteiger partial charge in [-0.05, 0) is 10.8 Å². The molecule has 2 aromatic carbocycles. The molecule has 4 heteroatoms. The highest BCUT2D eigenvalue weighted by Crippen LogP contribution is 2.26. The molecule has 2 N–H and O–H groups in total. The zero-order chi connectivity index (χ0) is 13.2. The van der Waals surface area contributed by atoms with E-state index in [4.69, 9.17) is 11.0 Å². The predicted molar refractivity (Wildman–Crippen MR) is 74.1 cm³/mol. The van der Waals surface area contributed by atoms with Gasteiger partial charge in [-0.25, -0.2) is 9.97 Å². The zero-order valence-corrected chi connectivity index (χ0v) is 10.0. The van der Waals surface area contributed by atoms with Gasteiger partial charge < -0.3 is 5.73 Å². The predicted octanol–water partition coefficient (Wildman–Crippen LogP) is 2.75. The standard InChI is InChI=1S/C15H10N4/c16-9-11-8-14(17)19-15(18-11)13-7-3-5-10-4-1-2-6-12(10)13/h1-8H,(H2,17,18,19). The third-order valence-corrected chi connectivity index (χ3v) is 2.89. The van der Waals surface area contributed by atoms with Crippen molar-refractivity contribution in [3.8, 4) is 17.5 Å². The summed E-state index contributed by atoms with van der Waals surface area (Å²) < 4.78 is 0. The fraction of sp³-hybridized carbons (Fsp3) is 0. The first-order valence-electron chi connectivity index (χ1n) is 5.81. The van der Waals surface area contributed by atoms with Crippen molar-refractivity contribution < 1.29 is 0 Å². The monoisotopic (exact) mass is 246 g/mol. The van der Waals surface area contributed by atoms with Gasteiger partial charge in [-0.1, -0.05) is 42.5 Å². The second-order valence-corrected chi connectivity index (χ2v) is 4.14. The van der Waals surface area contributed by atoms with Crippen LogP contribution in [0.1, 0.15) is 5.69 Å². The maximum Gasteiger partial charge on any atom is 0.163 e. The van der Waals surface area contributed by atoms with Crippen LogP contribution in [0.15, 0.2) is 48.5 Å². The third kappa shape index (κ3) is 1.98. The van der Waals surface area contributed by atoms with E-state index in [-0.39, 0.29) is 5.69 Å². The Hall–Kier alpha value is -2.93. The minimum absolute atomic E-state index is 0.274. The van der Waals surface area contributed by atoms with Crippen molar-refractivity contribution in [2.75, 3.05) is 5.73 Å². The molecule has 3 rings (SSSR count). The van der Waals surface area contributed by atoms with E-state index in [9.17, 15) is 0 Å². The molecule has 0 atom stereocenters. The molecule has 3 aromatic rings. The van der Waals surface area contributed by atoms with Crippen LogP contribution in [0.25, 0.3) is 22.2 Å². The number of nitrogens with zero attached hydrogens (tertiary/aromatic N) is 3. The Labute approximate surface area is 110 Å². The summed E-state index contributed by atoms with van der Waals surface area (Å²) in [6.07, 6.45) is 0. The number of aromatic nitrogens is 2. The molecule has 0 saturated heterocycles. The Morgan fingerprint density at radius 3 is 2.63 bits per heavy atom. The van der Waals surface area contributed by atoms with Gasteiger partial charge in [0.1, 0.15) is 17.6 Å². The molecule has 0 aliphatic carbocycles. The van der Waals surface area contributed by atoms with Crippen molar-refractivity contribution in [3.63, 3.8) is 0 Å². The first kappa shape index (κ1) is 11.2. The maximum atomic E-state index is 8.95. The number of rotatable bonds is 1. The van der Waals surface area contributed by atoms with E-state index >= 15 is 0 Å². The van der Waals surface area contributed by atoms with Crippen LogP contribution in [0.3, 0.4) is 0 Å². The average Bonchev–Trinajstić information content (AvgIpc) is 2.46. The Bertz CT molecular complexity index is 797.